The Balaban J connectivity index is 2.13. The van der Waals surface area contributed by atoms with Crippen molar-refractivity contribution < 1.29 is 0 Å². The molecule has 2 N–H and O–H groups in total. The van der Waals surface area contributed by atoms with Crippen LogP contribution in [0, 0.1) is 6.92 Å². The number of nitrogens with two attached hydrogens (primary N) is 1. The zero-order valence-electron chi connectivity index (χ0n) is 9.86. The van der Waals surface area contributed by atoms with E-state index < -0.39 is 0 Å². The van der Waals surface area contributed by atoms with Gasteiger partial charge in [0, 0.05) is 10.5 Å². The maximum Gasteiger partial charge on any atom is 0.0335 e. The lowest BCUT2D eigenvalue weighted by Gasteiger charge is -2.12. The summed E-state index contributed by atoms with van der Waals surface area (Å²) in [5.41, 5.74) is 9.92. The molecule has 0 aromatic heterocycles. The van der Waals surface area contributed by atoms with Gasteiger partial charge < -0.3 is 5.73 Å². The first-order valence-electron chi connectivity index (χ1n) is 5.72. The Kier molecular flexibility index (Phi) is 3.97. The van der Waals surface area contributed by atoms with E-state index >= 15 is 0 Å². The molecular formula is C15H16BrN. The van der Waals surface area contributed by atoms with E-state index in [2.05, 4.69) is 53.2 Å². The van der Waals surface area contributed by atoms with Gasteiger partial charge in [0.05, 0.1) is 0 Å². The third kappa shape index (κ3) is 3.18. The van der Waals surface area contributed by atoms with Crippen molar-refractivity contribution in [1.29, 1.82) is 0 Å². The molecule has 0 aliphatic rings. The zero-order valence-corrected chi connectivity index (χ0v) is 11.4. The smallest absolute Gasteiger partial charge is 0.0335 e. The van der Waals surface area contributed by atoms with Crippen LogP contribution in [0.15, 0.2) is 53.0 Å². The van der Waals surface area contributed by atoms with Gasteiger partial charge in [-0.1, -0.05) is 58.4 Å². The Morgan fingerprint density at radius 2 is 1.82 bits per heavy atom. The van der Waals surface area contributed by atoms with Crippen LogP contribution in [-0.2, 0) is 6.42 Å². The molecule has 2 heteroatoms. The van der Waals surface area contributed by atoms with Crippen LogP contribution in [0.3, 0.4) is 0 Å². The minimum Gasteiger partial charge on any atom is -0.324 e. The van der Waals surface area contributed by atoms with E-state index in [4.69, 9.17) is 5.73 Å². The average molecular weight is 290 g/mol. The standard InChI is InChI=1S/C15H16BrN/c1-11-9-12(7-8-14(11)16)10-15(17)13-5-3-2-4-6-13/h2-9,15H,10,17H2,1H3. The van der Waals surface area contributed by atoms with Crippen LogP contribution in [0.2, 0.25) is 0 Å². The highest BCUT2D eigenvalue weighted by molar-refractivity contribution is 9.10. The van der Waals surface area contributed by atoms with Gasteiger partial charge in [-0.3, -0.25) is 0 Å². The molecule has 0 aliphatic carbocycles. The number of hydrogen-bond acceptors (Lipinski definition) is 1. The first kappa shape index (κ1) is 12.3. The van der Waals surface area contributed by atoms with Gasteiger partial charge >= 0.3 is 0 Å². The molecular weight excluding hydrogens is 274 g/mol. The van der Waals surface area contributed by atoms with E-state index in [9.17, 15) is 0 Å². The summed E-state index contributed by atoms with van der Waals surface area (Å²) in [4.78, 5) is 0. The molecule has 0 amide bonds. The maximum absolute atomic E-state index is 6.20. The molecule has 1 unspecified atom stereocenters. The zero-order chi connectivity index (χ0) is 12.3. The summed E-state index contributed by atoms with van der Waals surface area (Å²) in [6.45, 7) is 2.10. The summed E-state index contributed by atoms with van der Waals surface area (Å²) in [6.07, 6.45) is 0.873. The van der Waals surface area contributed by atoms with Gasteiger partial charge in [0.1, 0.15) is 0 Å². The largest absolute Gasteiger partial charge is 0.324 e. The van der Waals surface area contributed by atoms with E-state index in [1.165, 1.54) is 16.7 Å². The summed E-state index contributed by atoms with van der Waals surface area (Å²) < 4.78 is 1.15. The molecule has 0 fully saturated rings. The molecule has 17 heavy (non-hydrogen) atoms. The van der Waals surface area contributed by atoms with Crippen LogP contribution in [0.25, 0.3) is 0 Å². The molecule has 1 atom stereocenters. The third-order valence-corrected chi connectivity index (χ3v) is 3.80. The van der Waals surface area contributed by atoms with Gasteiger partial charge in [0.2, 0.25) is 0 Å². The normalized spacial score (nSPS) is 12.4. The first-order chi connectivity index (χ1) is 8.16. The van der Waals surface area contributed by atoms with Gasteiger partial charge in [0.15, 0.2) is 0 Å². The fourth-order valence-corrected chi connectivity index (χ4v) is 2.15. The molecule has 2 aromatic carbocycles. The summed E-state index contributed by atoms with van der Waals surface area (Å²) in [5, 5.41) is 0. The minimum atomic E-state index is 0.0665. The Hall–Kier alpha value is -1.12. The van der Waals surface area contributed by atoms with Crippen molar-refractivity contribution in [2.24, 2.45) is 5.73 Å². The van der Waals surface area contributed by atoms with Gasteiger partial charge in [-0.05, 0) is 36.1 Å². The van der Waals surface area contributed by atoms with Gasteiger partial charge in [-0.2, -0.15) is 0 Å². The molecule has 0 radical (unpaired) electrons. The van der Waals surface area contributed by atoms with Crippen molar-refractivity contribution in [3.05, 3.63) is 69.7 Å². The van der Waals surface area contributed by atoms with Crippen molar-refractivity contribution in [3.8, 4) is 0 Å². The quantitative estimate of drug-likeness (QED) is 0.908. The van der Waals surface area contributed by atoms with Gasteiger partial charge in [0.25, 0.3) is 0 Å². The molecule has 0 saturated carbocycles. The molecule has 2 rings (SSSR count). The maximum atomic E-state index is 6.20. The Bertz CT molecular complexity index is 494. The monoisotopic (exact) mass is 289 g/mol. The van der Waals surface area contributed by atoms with E-state index in [1.807, 2.05) is 18.2 Å². The predicted molar refractivity (Wildman–Crippen MR) is 76.0 cm³/mol. The minimum absolute atomic E-state index is 0.0665. The SMILES string of the molecule is Cc1cc(CC(N)c2ccccc2)ccc1Br. The Morgan fingerprint density at radius 3 is 2.47 bits per heavy atom. The topological polar surface area (TPSA) is 26.0 Å². The second-order valence-corrected chi connectivity index (χ2v) is 5.16. The molecule has 88 valence electrons. The summed E-state index contributed by atoms with van der Waals surface area (Å²) in [7, 11) is 0. The lowest BCUT2D eigenvalue weighted by molar-refractivity contribution is 0.721. The van der Waals surface area contributed by atoms with Crippen LogP contribution >= 0.6 is 15.9 Å². The molecule has 0 bridgehead atoms. The fourth-order valence-electron chi connectivity index (χ4n) is 1.91. The summed E-state index contributed by atoms with van der Waals surface area (Å²) in [5.74, 6) is 0. The van der Waals surface area contributed by atoms with Crippen molar-refractivity contribution in [2.45, 2.75) is 19.4 Å². The van der Waals surface area contributed by atoms with Crippen LogP contribution in [-0.4, -0.2) is 0 Å². The average Bonchev–Trinajstić information content (AvgIpc) is 2.35. The summed E-state index contributed by atoms with van der Waals surface area (Å²) in [6, 6.07) is 16.7. The van der Waals surface area contributed by atoms with E-state index in [-0.39, 0.29) is 6.04 Å². The van der Waals surface area contributed by atoms with Crippen molar-refractivity contribution in [1.82, 2.24) is 0 Å². The van der Waals surface area contributed by atoms with Gasteiger partial charge in [-0.25, -0.2) is 0 Å². The second kappa shape index (κ2) is 5.48. The van der Waals surface area contributed by atoms with E-state index in [0.29, 0.717) is 0 Å². The van der Waals surface area contributed by atoms with Gasteiger partial charge in [-0.15, -0.1) is 0 Å². The highest BCUT2D eigenvalue weighted by Gasteiger charge is 2.07. The predicted octanol–water partition coefficient (Wildman–Crippen LogP) is 4.00. The van der Waals surface area contributed by atoms with Crippen LogP contribution in [0.5, 0.6) is 0 Å². The number of aryl methyl sites for hydroxylation is 1. The second-order valence-electron chi connectivity index (χ2n) is 4.30. The van der Waals surface area contributed by atoms with Crippen molar-refractivity contribution >= 4 is 15.9 Å². The summed E-state index contributed by atoms with van der Waals surface area (Å²) >= 11 is 3.51. The van der Waals surface area contributed by atoms with Crippen molar-refractivity contribution in [3.63, 3.8) is 0 Å². The lowest BCUT2D eigenvalue weighted by atomic mass is 9.99. The molecule has 0 spiro atoms. The molecule has 0 saturated heterocycles. The number of hydrogen-bond donors (Lipinski definition) is 1. The highest BCUT2D eigenvalue weighted by Crippen LogP contribution is 2.21. The fraction of sp³-hybridized carbons (Fsp3) is 0.200. The van der Waals surface area contributed by atoms with Crippen LogP contribution in [0.1, 0.15) is 22.7 Å². The number of halogens is 1. The van der Waals surface area contributed by atoms with E-state index in [1.54, 1.807) is 0 Å². The lowest BCUT2D eigenvalue weighted by Crippen LogP contribution is -2.13. The third-order valence-electron chi connectivity index (χ3n) is 2.91. The highest BCUT2D eigenvalue weighted by atomic mass is 79.9. The molecule has 2 aromatic rings. The van der Waals surface area contributed by atoms with E-state index in [0.717, 1.165) is 10.9 Å². The Labute approximate surface area is 111 Å². The number of benzene rings is 2. The first-order valence-corrected chi connectivity index (χ1v) is 6.51. The van der Waals surface area contributed by atoms with Crippen LogP contribution < -0.4 is 5.73 Å². The van der Waals surface area contributed by atoms with Crippen LogP contribution in [0.4, 0.5) is 0 Å². The molecule has 0 heterocycles. The molecule has 1 nitrogen and oxygen atoms in total. The molecule has 0 aliphatic heterocycles. The van der Waals surface area contributed by atoms with Crippen molar-refractivity contribution in [2.75, 3.05) is 0 Å². The number of rotatable bonds is 3. The Morgan fingerprint density at radius 1 is 1.12 bits per heavy atom.